The van der Waals surface area contributed by atoms with E-state index in [1.165, 1.54) is 46.9 Å². The highest BCUT2D eigenvalue weighted by Gasteiger charge is 2.29. The van der Waals surface area contributed by atoms with Gasteiger partial charge in [-0.2, -0.15) is 13.2 Å². The normalized spacial score (nSPS) is 14.1. The van der Waals surface area contributed by atoms with Gasteiger partial charge >= 0.3 is 11.6 Å². The number of hydrogen-bond donors (Lipinski definition) is 1. The van der Waals surface area contributed by atoms with Crippen molar-refractivity contribution in [2.24, 2.45) is 0 Å². The standard InChI is InChI=1S/C24H20F3N5O3S3/c25-24(26,27)38-17-4-1-15(2-5-17)12-35-23(34)32-9-7-31(8-10-32)22-30-19(13-36-22)21(33)29-16-3-6-18-20(11-16)37-14-28-18/h1-6,11,13-14H,7-10,12H2,(H,29,33). The van der Waals surface area contributed by atoms with Gasteiger partial charge in [-0.25, -0.2) is 14.8 Å². The van der Waals surface area contributed by atoms with E-state index in [1.807, 2.05) is 17.0 Å². The predicted octanol–water partition coefficient (Wildman–Crippen LogP) is 6.08. The number of halogens is 3. The molecule has 198 valence electrons. The molecule has 14 heteroatoms. The lowest BCUT2D eigenvalue weighted by atomic mass is 10.2. The molecule has 0 bridgehead atoms. The Morgan fingerprint density at radius 3 is 2.55 bits per heavy atom. The number of ether oxygens (including phenoxy) is 1. The van der Waals surface area contributed by atoms with Gasteiger partial charge in [-0.15, -0.1) is 22.7 Å². The monoisotopic (exact) mass is 579 g/mol. The molecule has 1 fully saturated rings. The van der Waals surface area contributed by atoms with Crippen molar-refractivity contribution in [3.8, 4) is 0 Å². The average Bonchev–Trinajstić information content (AvgIpc) is 3.57. The van der Waals surface area contributed by atoms with E-state index >= 15 is 0 Å². The number of carbonyl (C=O) groups is 2. The number of piperazine rings is 1. The number of rotatable bonds is 6. The van der Waals surface area contributed by atoms with Crippen molar-refractivity contribution in [3.05, 3.63) is 64.6 Å². The molecule has 0 spiro atoms. The molecular formula is C24H20F3N5O3S3. The third kappa shape index (κ3) is 6.55. The summed E-state index contributed by atoms with van der Waals surface area (Å²) in [4.78, 5) is 37.5. The van der Waals surface area contributed by atoms with E-state index in [1.54, 1.807) is 21.9 Å². The minimum absolute atomic E-state index is 0.0309. The molecule has 0 unspecified atom stereocenters. The van der Waals surface area contributed by atoms with Gasteiger partial charge < -0.3 is 19.9 Å². The molecule has 5 rings (SSSR count). The summed E-state index contributed by atoms with van der Waals surface area (Å²) in [6, 6.07) is 11.2. The Morgan fingerprint density at radius 2 is 1.82 bits per heavy atom. The van der Waals surface area contributed by atoms with E-state index in [-0.39, 0.29) is 29.2 Å². The van der Waals surface area contributed by atoms with Crippen molar-refractivity contribution in [1.82, 2.24) is 14.9 Å². The van der Waals surface area contributed by atoms with Crippen LogP contribution in [0.4, 0.5) is 28.8 Å². The molecular weight excluding hydrogens is 559 g/mol. The maximum Gasteiger partial charge on any atom is 0.446 e. The lowest BCUT2D eigenvalue weighted by Gasteiger charge is -2.33. The first kappa shape index (κ1) is 26.3. The molecule has 4 aromatic rings. The number of thioether (sulfide) groups is 1. The van der Waals surface area contributed by atoms with Crippen LogP contribution in [-0.2, 0) is 11.3 Å². The fourth-order valence-corrected chi connectivity index (χ4v) is 5.86. The fourth-order valence-electron chi connectivity index (χ4n) is 3.75. The number of benzene rings is 2. The predicted molar refractivity (Wildman–Crippen MR) is 142 cm³/mol. The Labute approximate surface area is 227 Å². The minimum Gasteiger partial charge on any atom is -0.445 e. The van der Waals surface area contributed by atoms with E-state index in [0.717, 1.165) is 10.2 Å². The first-order valence-electron chi connectivity index (χ1n) is 11.3. The zero-order chi connectivity index (χ0) is 26.7. The Morgan fingerprint density at radius 1 is 1.05 bits per heavy atom. The van der Waals surface area contributed by atoms with E-state index < -0.39 is 11.6 Å². The van der Waals surface area contributed by atoms with Crippen LogP contribution < -0.4 is 10.2 Å². The van der Waals surface area contributed by atoms with Gasteiger partial charge in [-0.05, 0) is 47.7 Å². The van der Waals surface area contributed by atoms with Crippen LogP contribution in [0.2, 0.25) is 0 Å². The number of anilines is 2. The molecule has 1 aliphatic rings. The van der Waals surface area contributed by atoms with E-state index in [4.69, 9.17) is 4.74 Å². The second-order valence-electron chi connectivity index (χ2n) is 8.22. The molecule has 8 nitrogen and oxygen atoms in total. The topological polar surface area (TPSA) is 87.7 Å². The quantitative estimate of drug-likeness (QED) is 0.277. The Balaban J connectivity index is 1.09. The average molecular weight is 580 g/mol. The summed E-state index contributed by atoms with van der Waals surface area (Å²) in [5.41, 5.74) is -0.125. The smallest absolute Gasteiger partial charge is 0.445 e. The molecule has 0 aliphatic carbocycles. The van der Waals surface area contributed by atoms with Crippen molar-refractivity contribution in [2.45, 2.75) is 17.0 Å². The summed E-state index contributed by atoms with van der Waals surface area (Å²) in [5.74, 6) is -0.302. The fraction of sp³-hybridized carbons (Fsp3) is 0.250. The van der Waals surface area contributed by atoms with Crippen LogP contribution in [-0.4, -0.2) is 58.6 Å². The zero-order valence-electron chi connectivity index (χ0n) is 19.6. The summed E-state index contributed by atoms with van der Waals surface area (Å²) in [6.45, 7) is 1.84. The Bertz CT molecular complexity index is 1430. The van der Waals surface area contributed by atoms with Crippen LogP contribution in [0, 0.1) is 0 Å². The first-order chi connectivity index (χ1) is 18.2. The van der Waals surface area contributed by atoms with Gasteiger partial charge in [0.25, 0.3) is 5.91 Å². The van der Waals surface area contributed by atoms with Gasteiger partial charge in [0.05, 0.1) is 15.7 Å². The Hall–Kier alpha value is -3.36. The number of nitrogens with zero attached hydrogens (tertiary/aromatic N) is 4. The van der Waals surface area contributed by atoms with Crippen LogP contribution in [0.3, 0.4) is 0 Å². The van der Waals surface area contributed by atoms with Crippen molar-refractivity contribution in [2.75, 3.05) is 36.4 Å². The van der Waals surface area contributed by atoms with Crippen molar-refractivity contribution in [1.29, 1.82) is 0 Å². The van der Waals surface area contributed by atoms with Gasteiger partial charge in [0.2, 0.25) is 0 Å². The number of hydrogen-bond acceptors (Lipinski definition) is 9. The summed E-state index contributed by atoms with van der Waals surface area (Å²) in [7, 11) is 0. The van der Waals surface area contributed by atoms with Crippen molar-refractivity contribution < 1.29 is 27.5 Å². The maximum absolute atomic E-state index is 12.7. The minimum atomic E-state index is -4.35. The highest BCUT2D eigenvalue weighted by Crippen LogP contribution is 2.36. The number of carbonyl (C=O) groups excluding carboxylic acids is 2. The summed E-state index contributed by atoms with van der Waals surface area (Å²) in [5, 5.41) is 5.26. The lowest BCUT2D eigenvalue weighted by Crippen LogP contribution is -2.48. The van der Waals surface area contributed by atoms with Crippen LogP contribution in [0.5, 0.6) is 0 Å². The number of thiazole rings is 2. The molecule has 2 amide bonds. The highest BCUT2D eigenvalue weighted by molar-refractivity contribution is 8.00. The third-order valence-corrected chi connectivity index (χ3v) is 8.07. The molecule has 1 saturated heterocycles. The molecule has 3 heterocycles. The van der Waals surface area contributed by atoms with Gasteiger partial charge in [0, 0.05) is 42.1 Å². The summed E-state index contributed by atoms with van der Waals surface area (Å²) in [6.07, 6.45) is -0.490. The molecule has 38 heavy (non-hydrogen) atoms. The number of aromatic nitrogens is 2. The number of amides is 2. The SMILES string of the molecule is O=C(Nc1ccc2ncsc2c1)c1csc(N2CCN(C(=O)OCc3ccc(SC(F)(F)F)cc3)CC2)n1. The van der Waals surface area contributed by atoms with E-state index in [0.29, 0.717) is 48.3 Å². The number of nitrogens with one attached hydrogen (secondary N) is 1. The van der Waals surface area contributed by atoms with Crippen LogP contribution in [0.15, 0.2) is 58.3 Å². The maximum atomic E-state index is 12.7. The third-order valence-electron chi connectivity index (χ3n) is 5.64. The van der Waals surface area contributed by atoms with Gasteiger partial charge in [-0.1, -0.05) is 12.1 Å². The number of alkyl halides is 3. The first-order valence-corrected chi connectivity index (χ1v) is 13.9. The van der Waals surface area contributed by atoms with Crippen LogP contribution in [0.1, 0.15) is 16.1 Å². The molecule has 1 N–H and O–H groups in total. The number of fused-ring (bicyclic) bond motifs is 1. The van der Waals surface area contributed by atoms with Crippen LogP contribution >= 0.6 is 34.4 Å². The zero-order valence-corrected chi connectivity index (χ0v) is 22.1. The van der Waals surface area contributed by atoms with Gasteiger partial charge in [0.15, 0.2) is 5.13 Å². The second-order valence-corrected chi connectivity index (χ2v) is 11.1. The highest BCUT2D eigenvalue weighted by atomic mass is 32.2. The van der Waals surface area contributed by atoms with E-state index in [2.05, 4.69) is 15.3 Å². The molecule has 2 aromatic heterocycles. The second kappa shape index (κ2) is 11.2. The largest absolute Gasteiger partial charge is 0.446 e. The summed E-state index contributed by atoms with van der Waals surface area (Å²) < 4.78 is 43.7. The van der Waals surface area contributed by atoms with Crippen LogP contribution in [0.25, 0.3) is 10.2 Å². The molecule has 0 saturated carbocycles. The van der Waals surface area contributed by atoms with Gasteiger partial charge in [0.1, 0.15) is 12.3 Å². The molecule has 0 radical (unpaired) electrons. The lowest BCUT2D eigenvalue weighted by molar-refractivity contribution is -0.0328. The van der Waals surface area contributed by atoms with Crippen molar-refractivity contribution in [3.63, 3.8) is 0 Å². The molecule has 2 aromatic carbocycles. The Kier molecular flexibility index (Phi) is 7.72. The van der Waals surface area contributed by atoms with Crippen molar-refractivity contribution >= 4 is 67.5 Å². The molecule has 1 aliphatic heterocycles. The van der Waals surface area contributed by atoms with Gasteiger partial charge in [-0.3, -0.25) is 4.79 Å². The van der Waals surface area contributed by atoms with E-state index in [9.17, 15) is 22.8 Å². The molecule has 0 atom stereocenters. The summed E-state index contributed by atoms with van der Waals surface area (Å²) >= 11 is 2.67.